The molecule has 1 aliphatic carbocycles. The Labute approximate surface area is 115 Å². The van der Waals surface area contributed by atoms with Gasteiger partial charge in [-0.15, -0.1) is 0 Å². The van der Waals surface area contributed by atoms with Crippen molar-refractivity contribution < 1.29 is 4.74 Å². The Morgan fingerprint density at radius 3 is 2.79 bits per heavy atom. The average Bonchev–Trinajstić information content (AvgIpc) is 3.22. The maximum absolute atomic E-state index is 5.23. The highest BCUT2D eigenvalue weighted by Gasteiger charge is 2.32. The first-order valence-electron chi connectivity index (χ1n) is 6.94. The third kappa shape index (κ3) is 3.56. The van der Waals surface area contributed by atoms with E-state index in [0.717, 1.165) is 30.6 Å². The minimum absolute atomic E-state index is 0.508. The van der Waals surface area contributed by atoms with Crippen LogP contribution in [0.1, 0.15) is 25.5 Å². The Morgan fingerprint density at radius 2 is 2.21 bits per heavy atom. The van der Waals surface area contributed by atoms with E-state index in [2.05, 4.69) is 33.2 Å². The van der Waals surface area contributed by atoms with Gasteiger partial charge in [-0.05, 0) is 32.6 Å². The molecule has 19 heavy (non-hydrogen) atoms. The van der Waals surface area contributed by atoms with Crippen molar-refractivity contribution >= 4 is 11.8 Å². The Kier molecular flexibility index (Phi) is 4.58. The first kappa shape index (κ1) is 14.1. The van der Waals surface area contributed by atoms with Gasteiger partial charge in [0.25, 0.3) is 0 Å². The molecule has 1 aromatic rings. The second kappa shape index (κ2) is 6.19. The van der Waals surface area contributed by atoms with Crippen molar-refractivity contribution in [1.82, 2.24) is 9.97 Å². The van der Waals surface area contributed by atoms with Gasteiger partial charge in [-0.2, -0.15) is 4.98 Å². The highest BCUT2D eigenvalue weighted by atomic mass is 16.5. The van der Waals surface area contributed by atoms with Gasteiger partial charge in [0.15, 0.2) is 0 Å². The zero-order chi connectivity index (χ0) is 13.8. The molecule has 106 valence electrons. The Balaban J connectivity index is 2.22. The van der Waals surface area contributed by atoms with Crippen LogP contribution in [-0.4, -0.2) is 43.3 Å². The molecule has 2 rings (SSSR count). The van der Waals surface area contributed by atoms with Crippen LogP contribution in [0.5, 0.6) is 0 Å². The predicted octanol–water partition coefficient (Wildman–Crippen LogP) is 2.08. The molecular weight excluding hydrogens is 240 g/mol. The molecule has 0 radical (unpaired) electrons. The standard InChI is InChI=1S/C14H24N4O/c1-10-9-13(17-14(15-3)16-10)18(7-8-19-4)11(2)12-5-6-12/h9,11-12H,5-8H2,1-4H3,(H,15,16,17). The van der Waals surface area contributed by atoms with E-state index in [1.54, 1.807) is 7.11 Å². The number of hydrogen-bond acceptors (Lipinski definition) is 5. The molecule has 1 heterocycles. The fraction of sp³-hybridized carbons (Fsp3) is 0.714. The molecule has 1 saturated carbocycles. The molecule has 1 aromatic heterocycles. The first-order valence-corrected chi connectivity index (χ1v) is 6.94. The van der Waals surface area contributed by atoms with Gasteiger partial charge in [0.05, 0.1) is 6.61 Å². The molecule has 0 bridgehead atoms. The van der Waals surface area contributed by atoms with Gasteiger partial charge in [0.1, 0.15) is 5.82 Å². The number of aryl methyl sites for hydroxylation is 1. The van der Waals surface area contributed by atoms with Crippen LogP contribution in [0, 0.1) is 12.8 Å². The number of methoxy groups -OCH3 is 1. The van der Waals surface area contributed by atoms with Crippen molar-refractivity contribution in [2.45, 2.75) is 32.7 Å². The zero-order valence-electron chi connectivity index (χ0n) is 12.3. The van der Waals surface area contributed by atoms with Crippen LogP contribution in [0.4, 0.5) is 11.8 Å². The number of ether oxygens (including phenoxy) is 1. The zero-order valence-corrected chi connectivity index (χ0v) is 12.3. The Morgan fingerprint density at radius 1 is 1.47 bits per heavy atom. The van der Waals surface area contributed by atoms with Crippen molar-refractivity contribution in [1.29, 1.82) is 0 Å². The third-order valence-electron chi connectivity index (χ3n) is 3.69. The minimum Gasteiger partial charge on any atom is -0.383 e. The lowest BCUT2D eigenvalue weighted by Gasteiger charge is -2.30. The van der Waals surface area contributed by atoms with Gasteiger partial charge in [0.2, 0.25) is 5.95 Å². The topological polar surface area (TPSA) is 50.3 Å². The fourth-order valence-corrected chi connectivity index (χ4v) is 2.36. The number of nitrogens with one attached hydrogen (secondary N) is 1. The van der Waals surface area contributed by atoms with E-state index in [0.29, 0.717) is 12.0 Å². The van der Waals surface area contributed by atoms with E-state index in [1.165, 1.54) is 12.8 Å². The molecule has 0 saturated heterocycles. The van der Waals surface area contributed by atoms with E-state index in [1.807, 2.05) is 14.0 Å². The molecule has 5 nitrogen and oxygen atoms in total. The van der Waals surface area contributed by atoms with Gasteiger partial charge >= 0.3 is 0 Å². The first-order chi connectivity index (χ1) is 9.15. The Bertz CT molecular complexity index is 420. The van der Waals surface area contributed by atoms with Crippen LogP contribution < -0.4 is 10.2 Å². The molecule has 1 aliphatic rings. The lowest BCUT2D eigenvalue weighted by atomic mass is 10.2. The average molecular weight is 264 g/mol. The number of nitrogens with zero attached hydrogens (tertiary/aromatic N) is 3. The summed E-state index contributed by atoms with van der Waals surface area (Å²) in [6, 6.07) is 2.56. The van der Waals surface area contributed by atoms with E-state index >= 15 is 0 Å². The second-order valence-corrected chi connectivity index (χ2v) is 5.21. The monoisotopic (exact) mass is 264 g/mol. The molecule has 1 unspecified atom stereocenters. The van der Waals surface area contributed by atoms with Crippen LogP contribution in [-0.2, 0) is 4.74 Å². The van der Waals surface area contributed by atoms with Gasteiger partial charge in [0, 0.05) is 38.5 Å². The van der Waals surface area contributed by atoms with E-state index < -0.39 is 0 Å². The molecule has 0 amide bonds. The van der Waals surface area contributed by atoms with Crippen molar-refractivity contribution in [2.75, 3.05) is 37.5 Å². The lowest BCUT2D eigenvalue weighted by molar-refractivity contribution is 0.202. The van der Waals surface area contributed by atoms with Gasteiger partial charge < -0.3 is 15.0 Å². The second-order valence-electron chi connectivity index (χ2n) is 5.21. The molecule has 5 heteroatoms. The van der Waals surface area contributed by atoms with Crippen LogP contribution in [0.3, 0.4) is 0 Å². The number of anilines is 2. The van der Waals surface area contributed by atoms with Crippen molar-refractivity contribution in [3.63, 3.8) is 0 Å². The van der Waals surface area contributed by atoms with Gasteiger partial charge in [-0.25, -0.2) is 4.98 Å². The highest BCUT2D eigenvalue weighted by Crippen LogP contribution is 2.36. The van der Waals surface area contributed by atoms with Crippen molar-refractivity contribution in [2.24, 2.45) is 5.92 Å². The van der Waals surface area contributed by atoms with Crippen LogP contribution >= 0.6 is 0 Å². The summed E-state index contributed by atoms with van der Waals surface area (Å²) in [5.74, 6) is 2.47. The normalized spacial score (nSPS) is 16.2. The van der Waals surface area contributed by atoms with Gasteiger partial charge in [-0.1, -0.05) is 0 Å². The largest absolute Gasteiger partial charge is 0.383 e. The quantitative estimate of drug-likeness (QED) is 0.817. The predicted molar refractivity (Wildman–Crippen MR) is 77.7 cm³/mol. The molecule has 0 aliphatic heterocycles. The van der Waals surface area contributed by atoms with E-state index in [4.69, 9.17) is 4.74 Å². The third-order valence-corrected chi connectivity index (χ3v) is 3.69. The minimum atomic E-state index is 0.508. The molecule has 0 spiro atoms. The van der Waals surface area contributed by atoms with Gasteiger partial charge in [-0.3, -0.25) is 0 Å². The molecular formula is C14H24N4O. The fourth-order valence-electron chi connectivity index (χ4n) is 2.36. The smallest absolute Gasteiger partial charge is 0.224 e. The summed E-state index contributed by atoms with van der Waals surface area (Å²) in [6.45, 7) is 5.87. The molecule has 1 N–H and O–H groups in total. The number of aromatic nitrogens is 2. The van der Waals surface area contributed by atoms with Crippen LogP contribution in [0.25, 0.3) is 0 Å². The van der Waals surface area contributed by atoms with Crippen LogP contribution in [0.15, 0.2) is 6.07 Å². The van der Waals surface area contributed by atoms with Crippen molar-refractivity contribution in [3.05, 3.63) is 11.8 Å². The summed E-state index contributed by atoms with van der Waals surface area (Å²) < 4.78 is 5.23. The van der Waals surface area contributed by atoms with Crippen molar-refractivity contribution in [3.8, 4) is 0 Å². The number of hydrogen-bond donors (Lipinski definition) is 1. The maximum atomic E-state index is 5.23. The van der Waals surface area contributed by atoms with E-state index in [9.17, 15) is 0 Å². The SMILES string of the molecule is CNc1nc(C)cc(N(CCOC)C(C)C2CC2)n1. The summed E-state index contributed by atoms with van der Waals surface area (Å²) in [5.41, 5.74) is 0.986. The van der Waals surface area contributed by atoms with Crippen LogP contribution in [0.2, 0.25) is 0 Å². The molecule has 1 fully saturated rings. The summed E-state index contributed by atoms with van der Waals surface area (Å²) in [5, 5.41) is 3.02. The molecule has 1 atom stereocenters. The van der Waals surface area contributed by atoms with E-state index in [-0.39, 0.29) is 0 Å². The summed E-state index contributed by atoms with van der Waals surface area (Å²) in [6.07, 6.45) is 2.65. The maximum Gasteiger partial charge on any atom is 0.224 e. The highest BCUT2D eigenvalue weighted by molar-refractivity contribution is 5.45. The molecule has 0 aromatic carbocycles. The summed E-state index contributed by atoms with van der Waals surface area (Å²) in [7, 11) is 3.59. The lowest BCUT2D eigenvalue weighted by Crippen LogP contribution is -2.38. The Hall–Kier alpha value is -1.36. The summed E-state index contributed by atoms with van der Waals surface area (Å²) >= 11 is 0. The summed E-state index contributed by atoms with van der Waals surface area (Å²) in [4.78, 5) is 11.3. The number of rotatable bonds is 7.